The summed E-state index contributed by atoms with van der Waals surface area (Å²) >= 11 is 6.45. The van der Waals surface area contributed by atoms with Gasteiger partial charge in [-0.15, -0.1) is 0 Å². The molecule has 0 amide bonds. The molecule has 3 aromatic rings. The van der Waals surface area contributed by atoms with E-state index in [9.17, 15) is 9.18 Å². The average molecular weight is 444 g/mol. The molecule has 0 spiro atoms. The molecule has 0 aliphatic heterocycles. The first-order chi connectivity index (χ1) is 15.0. The van der Waals surface area contributed by atoms with Crippen molar-refractivity contribution in [2.24, 2.45) is 0 Å². The number of ether oxygens (including phenoxy) is 2. The van der Waals surface area contributed by atoms with Gasteiger partial charge in [-0.25, -0.2) is 9.18 Å². The van der Waals surface area contributed by atoms with Crippen LogP contribution >= 0.6 is 11.6 Å². The second-order valence-electron chi connectivity index (χ2n) is 6.84. The number of carboxylic acids is 1. The molecule has 3 rings (SSSR count). The first-order valence-corrected chi connectivity index (χ1v) is 10.2. The molecule has 31 heavy (non-hydrogen) atoms. The Balaban J connectivity index is 1.64. The summed E-state index contributed by atoms with van der Waals surface area (Å²) in [5.74, 6) is -0.145. The number of hydrogen-bond donors (Lipinski definition) is 2. The number of rotatable bonds is 10. The van der Waals surface area contributed by atoms with E-state index in [0.29, 0.717) is 36.2 Å². The summed E-state index contributed by atoms with van der Waals surface area (Å²) in [6, 6.07) is 16.4. The number of nitrogens with one attached hydrogen (secondary N) is 1. The van der Waals surface area contributed by atoms with Gasteiger partial charge in [0.05, 0.1) is 12.2 Å². The molecular weight excluding hydrogens is 421 g/mol. The van der Waals surface area contributed by atoms with E-state index < -0.39 is 5.97 Å². The molecule has 0 heterocycles. The molecule has 0 unspecified atom stereocenters. The SMILES string of the molecule is CCOc1cc(CNCc2ccc(C(=O)O)cc2)c(Cl)cc1OCc1ccc(F)cc1. The van der Waals surface area contributed by atoms with Crippen LogP contribution in [0.2, 0.25) is 5.02 Å². The van der Waals surface area contributed by atoms with Crippen molar-refractivity contribution >= 4 is 17.6 Å². The van der Waals surface area contributed by atoms with Gasteiger partial charge < -0.3 is 19.9 Å². The Hall–Kier alpha value is -3.09. The zero-order valence-corrected chi connectivity index (χ0v) is 17.8. The third-order valence-corrected chi connectivity index (χ3v) is 4.92. The average Bonchev–Trinajstić information content (AvgIpc) is 2.76. The van der Waals surface area contributed by atoms with E-state index in [0.717, 1.165) is 16.7 Å². The summed E-state index contributed by atoms with van der Waals surface area (Å²) < 4.78 is 24.6. The van der Waals surface area contributed by atoms with E-state index in [2.05, 4.69) is 5.32 Å². The van der Waals surface area contributed by atoms with Gasteiger partial charge >= 0.3 is 5.97 Å². The van der Waals surface area contributed by atoms with Crippen LogP contribution < -0.4 is 14.8 Å². The molecule has 0 saturated carbocycles. The van der Waals surface area contributed by atoms with Gasteiger partial charge in [0.1, 0.15) is 12.4 Å². The van der Waals surface area contributed by atoms with E-state index in [4.69, 9.17) is 26.2 Å². The molecule has 0 bridgehead atoms. The quantitative estimate of drug-likeness (QED) is 0.436. The van der Waals surface area contributed by atoms with Crippen LogP contribution in [0.1, 0.15) is 34.0 Å². The number of hydrogen-bond acceptors (Lipinski definition) is 4. The highest BCUT2D eigenvalue weighted by atomic mass is 35.5. The molecule has 2 N–H and O–H groups in total. The first kappa shape index (κ1) is 22.6. The predicted octanol–water partition coefficient (Wildman–Crippen LogP) is 5.44. The van der Waals surface area contributed by atoms with Crippen LogP contribution in [0.4, 0.5) is 4.39 Å². The first-order valence-electron chi connectivity index (χ1n) is 9.81. The van der Waals surface area contributed by atoms with Crippen molar-refractivity contribution in [2.45, 2.75) is 26.6 Å². The minimum atomic E-state index is -0.948. The molecule has 162 valence electrons. The highest BCUT2D eigenvalue weighted by Crippen LogP contribution is 2.34. The van der Waals surface area contributed by atoms with E-state index in [1.807, 2.05) is 13.0 Å². The summed E-state index contributed by atoms with van der Waals surface area (Å²) in [5, 5.41) is 12.8. The van der Waals surface area contributed by atoms with Crippen LogP contribution in [0.15, 0.2) is 60.7 Å². The Morgan fingerprint density at radius 3 is 2.26 bits per heavy atom. The fourth-order valence-corrected chi connectivity index (χ4v) is 3.16. The third-order valence-electron chi connectivity index (χ3n) is 4.57. The zero-order valence-electron chi connectivity index (χ0n) is 17.0. The van der Waals surface area contributed by atoms with E-state index >= 15 is 0 Å². The van der Waals surface area contributed by atoms with E-state index in [1.54, 1.807) is 42.5 Å². The smallest absolute Gasteiger partial charge is 0.335 e. The summed E-state index contributed by atoms with van der Waals surface area (Å²) in [6.07, 6.45) is 0. The largest absolute Gasteiger partial charge is 0.490 e. The third kappa shape index (κ3) is 6.44. The van der Waals surface area contributed by atoms with Crippen LogP contribution in [-0.2, 0) is 19.7 Å². The number of benzene rings is 3. The number of aromatic carboxylic acids is 1. The molecule has 0 aliphatic rings. The van der Waals surface area contributed by atoms with Crippen LogP contribution in [0.3, 0.4) is 0 Å². The highest BCUT2D eigenvalue weighted by Gasteiger charge is 2.12. The second kappa shape index (κ2) is 10.8. The Bertz CT molecular complexity index is 1020. The lowest BCUT2D eigenvalue weighted by Crippen LogP contribution is -2.13. The van der Waals surface area contributed by atoms with Gasteiger partial charge in [0, 0.05) is 24.2 Å². The summed E-state index contributed by atoms with van der Waals surface area (Å²) in [4.78, 5) is 10.9. The Labute approximate surface area is 185 Å². The highest BCUT2D eigenvalue weighted by molar-refractivity contribution is 6.31. The maximum atomic E-state index is 13.1. The normalized spacial score (nSPS) is 10.7. The molecule has 7 heteroatoms. The van der Waals surface area contributed by atoms with Crippen molar-refractivity contribution in [3.05, 3.63) is 93.8 Å². The van der Waals surface area contributed by atoms with Crippen molar-refractivity contribution in [3.63, 3.8) is 0 Å². The van der Waals surface area contributed by atoms with Crippen molar-refractivity contribution in [1.82, 2.24) is 5.32 Å². The Kier molecular flexibility index (Phi) is 7.87. The predicted molar refractivity (Wildman–Crippen MR) is 117 cm³/mol. The summed E-state index contributed by atoms with van der Waals surface area (Å²) in [7, 11) is 0. The lowest BCUT2D eigenvalue weighted by molar-refractivity contribution is 0.0697. The van der Waals surface area contributed by atoms with Crippen LogP contribution in [0.25, 0.3) is 0 Å². The summed E-state index contributed by atoms with van der Waals surface area (Å²) in [5.41, 5.74) is 2.90. The fourth-order valence-electron chi connectivity index (χ4n) is 2.94. The monoisotopic (exact) mass is 443 g/mol. The molecular formula is C24H23ClFNO4. The van der Waals surface area contributed by atoms with Crippen LogP contribution in [0, 0.1) is 5.82 Å². The molecule has 5 nitrogen and oxygen atoms in total. The number of halogens is 2. The van der Waals surface area contributed by atoms with Crippen LogP contribution in [-0.4, -0.2) is 17.7 Å². The van der Waals surface area contributed by atoms with E-state index in [1.165, 1.54) is 12.1 Å². The topological polar surface area (TPSA) is 67.8 Å². The summed E-state index contributed by atoms with van der Waals surface area (Å²) in [6.45, 7) is 3.68. The molecule has 0 aliphatic carbocycles. The van der Waals surface area contributed by atoms with Gasteiger partial charge in [-0.05, 0) is 53.9 Å². The molecule has 0 aromatic heterocycles. The minimum absolute atomic E-state index is 0.254. The number of carbonyl (C=O) groups is 1. The zero-order chi connectivity index (χ0) is 22.2. The second-order valence-corrected chi connectivity index (χ2v) is 7.25. The molecule has 0 radical (unpaired) electrons. The number of carboxylic acid groups (broad SMARTS) is 1. The Morgan fingerprint density at radius 1 is 0.968 bits per heavy atom. The van der Waals surface area contributed by atoms with Crippen LogP contribution in [0.5, 0.6) is 11.5 Å². The maximum Gasteiger partial charge on any atom is 0.335 e. The molecule has 3 aromatic carbocycles. The standard InChI is InChI=1S/C24H23ClFNO4/c1-2-30-22-11-19(14-27-13-16-3-7-18(8-4-16)24(28)29)21(25)12-23(22)31-15-17-5-9-20(26)10-6-17/h3-12,27H,2,13-15H2,1H3,(H,28,29). The minimum Gasteiger partial charge on any atom is -0.490 e. The molecule has 0 atom stereocenters. The maximum absolute atomic E-state index is 13.1. The van der Waals surface area contributed by atoms with Gasteiger partial charge in [0.25, 0.3) is 0 Å². The Morgan fingerprint density at radius 2 is 1.61 bits per heavy atom. The van der Waals surface area contributed by atoms with Gasteiger partial charge in [0.15, 0.2) is 11.5 Å². The van der Waals surface area contributed by atoms with Crippen molar-refractivity contribution in [3.8, 4) is 11.5 Å². The van der Waals surface area contributed by atoms with Crippen molar-refractivity contribution < 1.29 is 23.8 Å². The van der Waals surface area contributed by atoms with Gasteiger partial charge in [-0.1, -0.05) is 35.9 Å². The fraction of sp³-hybridized carbons (Fsp3) is 0.208. The van der Waals surface area contributed by atoms with E-state index in [-0.39, 0.29) is 18.0 Å². The lowest BCUT2D eigenvalue weighted by Gasteiger charge is -2.15. The van der Waals surface area contributed by atoms with Gasteiger partial charge in [0.2, 0.25) is 0 Å². The van der Waals surface area contributed by atoms with Crippen molar-refractivity contribution in [1.29, 1.82) is 0 Å². The molecule has 0 saturated heterocycles. The van der Waals surface area contributed by atoms with Gasteiger partial charge in [-0.3, -0.25) is 0 Å². The lowest BCUT2D eigenvalue weighted by atomic mass is 10.1. The van der Waals surface area contributed by atoms with Gasteiger partial charge in [-0.2, -0.15) is 0 Å². The molecule has 0 fully saturated rings. The van der Waals surface area contributed by atoms with Crippen molar-refractivity contribution in [2.75, 3.05) is 6.61 Å².